The Morgan fingerprint density at radius 2 is 1.07 bits per heavy atom. The van der Waals surface area contributed by atoms with Crippen LogP contribution in [0.25, 0.3) is 0 Å². The van der Waals surface area contributed by atoms with E-state index in [-0.39, 0.29) is 11.8 Å². The lowest BCUT2D eigenvalue weighted by Gasteiger charge is -2.05. The van der Waals surface area contributed by atoms with Crippen molar-refractivity contribution in [1.29, 1.82) is 0 Å². The molecule has 142 valence electrons. The molecule has 3 aromatic rings. The molecule has 3 rings (SSSR count). The lowest BCUT2D eigenvalue weighted by atomic mass is 10.2. The first-order valence-electron chi connectivity index (χ1n) is 8.52. The lowest BCUT2D eigenvalue weighted by molar-refractivity contribution is -0.343. The number of methoxy groups -OCH3 is 2. The maximum absolute atomic E-state index is 12.4. The van der Waals surface area contributed by atoms with Gasteiger partial charge in [-0.15, -0.1) is 0 Å². The predicted octanol–water partition coefficient (Wildman–Crippen LogP) is 3.02. The van der Waals surface area contributed by atoms with Crippen LogP contribution >= 0.6 is 0 Å². The summed E-state index contributed by atoms with van der Waals surface area (Å²) < 4.78 is 10.2. The van der Waals surface area contributed by atoms with Gasteiger partial charge < -0.3 is 9.47 Å². The molecule has 0 spiro atoms. The summed E-state index contributed by atoms with van der Waals surface area (Å²) in [5, 5.41) is 5.52. The number of amides is 2. The second kappa shape index (κ2) is 8.68. The number of nitrogens with one attached hydrogen (secondary N) is 3. The number of carbonyl (C=O) groups is 2. The summed E-state index contributed by atoms with van der Waals surface area (Å²) in [5.41, 5.74) is 0.976. The van der Waals surface area contributed by atoms with Crippen molar-refractivity contribution >= 4 is 23.5 Å². The molecule has 0 atom stereocenters. The zero-order valence-corrected chi connectivity index (χ0v) is 15.5. The molecule has 0 radical (unpaired) electrons. The van der Waals surface area contributed by atoms with Crippen LogP contribution in [-0.2, 0) is 0 Å². The monoisotopic (exact) mass is 378 g/mol. The summed E-state index contributed by atoms with van der Waals surface area (Å²) in [7, 11) is 3.13. The highest BCUT2D eigenvalue weighted by Gasteiger charge is 2.14. The number of ether oxygens (including phenoxy) is 2. The van der Waals surface area contributed by atoms with Crippen molar-refractivity contribution in [2.24, 2.45) is 0 Å². The fraction of sp³-hybridized carbons (Fsp3) is 0.0952. The Morgan fingerprint density at radius 3 is 1.43 bits per heavy atom. The molecule has 0 aliphatic heterocycles. The van der Waals surface area contributed by atoms with Gasteiger partial charge in [0.1, 0.15) is 11.5 Å². The Balaban J connectivity index is 1.67. The number of carbonyl (C=O) groups excluding carboxylic acids is 2. The van der Waals surface area contributed by atoms with Crippen molar-refractivity contribution in [3.8, 4) is 11.5 Å². The standard InChI is InChI=1S/C21H19N3O4/c1-27-16-10-6-14(7-11-16)20(25)23-18-4-3-5-19(22-18)24-21(26)15-8-12-17(28-2)13-9-15/h3-13H,1-2H3,(H2,22,23,24,25,26)/p+1. The second-order valence-electron chi connectivity index (χ2n) is 5.84. The number of benzene rings is 2. The van der Waals surface area contributed by atoms with Crippen LogP contribution in [0.2, 0.25) is 0 Å². The Morgan fingerprint density at radius 1 is 0.679 bits per heavy atom. The fourth-order valence-corrected chi connectivity index (χ4v) is 2.49. The smallest absolute Gasteiger partial charge is 0.311 e. The number of pyridine rings is 1. The summed E-state index contributed by atoms with van der Waals surface area (Å²) in [4.78, 5) is 27.7. The fourth-order valence-electron chi connectivity index (χ4n) is 2.49. The third-order valence-corrected chi connectivity index (χ3v) is 4.00. The first kappa shape index (κ1) is 18.9. The molecule has 1 heterocycles. The highest BCUT2D eigenvalue weighted by Crippen LogP contribution is 2.14. The van der Waals surface area contributed by atoms with Gasteiger partial charge in [0.15, 0.2) is 0 Å². The minimum atomic E-state index is -0.280. The van der Waals surface area contributed by atoms with Gasteiger partial charge in [0.2, 0.25) is 11.6 Å². The van der Waals surface area contributed by atoms with E-state index in [1.165, 1.54) is 0 Å². The molecule has 0 saturated carbocycles. The lowest BCUT2D eigenvalue weighted by Crippen LogP contribution is -2.24. The zero-order chi connectivity index (χ0) is 19.9. The topological polar surface area (TPSA) is 90.8 Å². The first-order chi connectivity index (χ1) is 13.6. The first-order valence-corrected chi connectivity index (χ1v) is 8.52. The number of rotatable bonds is 6. The van der Waals surface area contributed by atoms with E-state index < -0.39 is 0 Å². The van der Waals surface area contributed by atoms with Crippen molar-refractivity contribution in [2.45, 2.75) is 0 Å². The molecular weight excluding hydrogens is 358 g/mol. The van der Waals surface area contributed by atoms with E-state index >= 15 is 0 Å². The normalized spacial score (nSPS) is 10.1. The Labute approximate surface area is 162 Å². The third-order valence-electron chi connectivity index (χ3n) is 4.00. The summed E-state index contributed by atoms with van der Waals surface area (Å²) in [5.74, 6) is 1.69. The molecule has 0 saturated heterocycles. The van der Waals surface area contributed by atoms with Crippen LogP contribution in [0.15, 0.2) is 66.7 Å². The summed E-state index contributed by atoms with van der Waals surface area (Å²) in [6, 6.07) is 18.7. The SMILES string of the molecule is COc1ccc(C(=O)Nc2cccc(NC(=O)c3ccc(OC)cc3)[nH+]2)cc1. The number of H-pyrrole nitrogens is 1. The average Bonchev–Trinajstić information content (AvgIpc) is 2.74. The Hall–Kier alpha value is -3.87. The highest BCUT2D eigenvalue weighted by molar-refractivity contribution is 6.04. The van der Waals surface area contributed by atoms with Gasteiger partial charge in [-0.25, -0.2) is 15.6 Å². The molecule has 1 aromatic heterocycles. The molecular formula is C21H20N3O4+. The number of hydrogen-bond acceptors (Lipinski definition) is 4. The van der Waals surface area contributed by atoms with Crippen LogP contribution in [-0.4, -0.2) is 26.0 Å². The van der Waals surface area contributed by atoms with E-state index in [9.17, 15) is 9.59 Å². The van der Waals surface area contributed by atoms with Gasteiger partial charge in [-0.2, -0.15) is 0 Å². The number of aromatic nitrogens is 1. The van der Waals surface area contributed by atoms with E-state index in [0.29, 0.717) is 34.3 Å². The molecule has 0 aliphatic rings. The highest BCUT2D eigenvalue weighted by atomic mass is 16.5. The molecule has 0 aliphatic carbocycles. The zero-order valence-electron chi connectivity index (χ0n) is 15.5. The largest absolute Gasteiger partial charge is 0.497 e. The van der Waals surface area contributed by atoms with Crippen molar-refractivity contribution in [2.75, 3.05) is 24.9 Å². The van der Waals surface area contributed by atoms with Gasteiger partial charge in [-0.3, -0.25) is 9.59 Å². The van der Waals surface area contributed by atoms with E-state index in [4.69, 9.17) is 9.47 Å². The van der Waals surface area contributed by atoms with Gasteiger partial charge in [0.05, 0.1) is 25.3 Å². The number of aromatic amines is 1. The predicted molar refractivity (Wildman–Crippen MR) is 105 cm³/mol. The van der Waals surface area contributed by atoms with Crippen LogP contribution in [0, 0.1) is 0 Å². The summed E-state index contributed by atoms with van der Waals surface area (Å²) in [6.07, 6.45) is 0. The Kier molecular flexibility index (Phi) is 5.86. The Bertz CT molecular complexity index is 893. The van der Waals surface area contributed by atoms with Crippen molar-refractivity contribution < 1.29 is 24.0 Å². The van der Waals surface area contributed by atoms with Crippen LogP contribution < -0.4 is 25.1 Å². The van der Waals surface area contributed by atoms with E-state index in [2.05, 4.69) is 15.6 Å². The molecule has 3 N–H and O–H groups in total. The van der Waals surface area contributed by atoms with Gasteiger partial charge in [-0.1, -0.05) is 0 Å². The molecule has 0 bridgehead atoms. The minimum absolute atomic E-state index is 0.280. The number of hydrogen-bond donors (Lipinski definition) is 2. The third kappa shape index (κ3) is 4.64. The average molecular weight is 378 g/mol. The summed E-state index contributed by atoms with van der Waals surface area (Å²) >= 11 is 0. The van der Waals surface area contributed by atoms with Gasteiger partial charge >= 0.3 is 11.8 Å². The summed E-state index contributed by atoms with van der Waals surface area (Å²) in [6.45, 7) is 0. The second-order valence-corrected chi connectivity index (χ2v) is 5.84. The van der Waals surface area contributed by atoms with E-state index in [1.54, 1.807) is 80.9 Å². The molecule has 0 unspecified atom stereocenters. The van der Waals surface area contributed by atoms with Gasteiger partial charge in [-0.05, 0) is 54.6 Å². The van der Waals surface area contributed by atoms with Crippen molar-refractivity contribution in [1.82, 2.24) is 0 Å². The maximum Gasteiger partial charge on any atom is 0.311 e. The van der Waals surface area contributed by atoms with Crippen molar-refractivity contribution in [3.63, 3.8) is 0 Å². The minimum Gasteiger partial charge on any atom is -0.497 e. The van der Waals surface area contributed by atoms with E-state index in [1.807, 2.05) is 0 Å². The van der Waals surface area contributed by atoms with Crippen LogP contribution in [0.3, 0.4) is 0 Å². The van der Waals surface area contributed by atoms with Crippen molar-refractivity contribution in [3.05, 3.63) is 77.9 Å². The molecule has 28 heavy (non-hydrogen) atoms. The molecule has 2 aromatic carbocycles. The molecule has 0 fully saturated rings. The maximum atomic E-state index is 12.4. The molecule has 7 nitrogen and oxygen atoms in total. The van der Waals surface area contributed by atoms with Crippen LogP contribution in [0.4, 0.5) is 11.6 Å². The van der Waals surface area contributed by atoms with E-state index in [0.717, 1.165) is 0 Å². The molecule has 2 amide bonds. The molecule has 7 heteroatoms. The quantitative estimate of drug-likeness (QED) is 0.690. The number of anilines is 2. The van der Waals surface area contributed by atoms with Gasteiger partial charge in [0, 0.05) is 12.1 Å². The van der Waals surface area contributed by atoms with Gasteiger partial charge in [0.25, 0.3) is 0 Å². The van der Waals surface area contributed by atoms with Crippen LogP contribution in [0.1, 0.15) is 20.7 Å². The van der Waals surface area contributed by atoms with Crippen LogP contribution in [0.5, 0.6) is 11.5 Å².